The SMILES string of the molecule is C.Clc1ccccn1.O=P(O)(O)O.O=P(O)(O)O. The molecule has 0 aromatic carbocycles. The second-order valence-electron chi connectivity index (χ2n) is 2.18. The maximum Gasteiger partial charge on any atom is 0.466 e. The van der Waals surface area contributed by atoms with Crippen molar-refractivity contribution in [2.24, 2.45) is 0 Å². The summed E-state index contributed by atoms with van der Waals surface area (Å²) in [5.74, 6) is 0. The number of hydrogen-bond donors (Lipinski definition) is 6. The normalized spacial score (nSPS) is 9.94. The van der Waals surface area contributed by atoms with E-state index in [2.05, 4.69) is 4.98 Å². The molecule has 6 N–H and O–H groups in total. The Morgan fingerprint density at radius 3 is 1.39 bits per heavy atom. The fourth-order valence-electron chi connectivity index (χ4n) is 0.342. The molecule has 0 aliphatic rings. The molecule has 0 saturated heterocycles. The molecule has 1 heterocycles. The molecule has 0 unspecified atom stereocenters. The molecule has 108 valence electrons. The number of pyridine rings is 1. The third kappa shape index (κ3) is 57.4. The van der Waals surface area contributed by atoms with Crippen LogP contribution in [0.25, 0.3) is 0 Å². The van der Waals surface area contributed by atoms with Gasteiger partial charge in [0.1, 0.15) is 5.15 Å². The summed E-state index contributed by atoms with van der Waals surface area (Å²) in [7, 11) is -9.28. The van der Waals surface area contributed by atoms with E-state index in [9.17, 15) is 0 Å². The molecule has 9 nitrogen and oxygen atoms in total. The Kier molecular flexibility index (Phi) is 13.4. The summed E-state index contributed by atoms with van der Waals surface area (Å²) in [5, 5.41) is 0.544. The Bertz CT molecular complexity index is 353. The van der Waals surface area contributed by atoms with Crippen LogP contribution >= 0.6 is 27.2 Å². The van der Waals surface area contributed by atoms with Gasteiger partial charge >= 0.3 is 15.6 Å². The second kappa shape index (κ2) is 10.6. The minimum atomic E-state index is -4.64. The van der Waals surface area contributed by atoms with E-state index in [4.69, 9.17) is 50.1 Å². The Morgan fingerprint density at radius 1 is 0.944 bits per heavy atom. The second-order valence-corrected chi connectivity index (χ2v) is 4.62. The first-order valence-electron chi connectivity index (χ1n) is 3.52. The van der Waals surface area contributed by atoms with Crippen molar-refractivity contribution in [1.29, 1.82) is 0 Å². The zero-order chi connectivity index (χ0) is 14.1. The van der Waals surface area contributed by atoms with Crippen LogP contribution in [0.1, 0.15) is 7.43 Å². The Morgan fingerprint density at radius 2 is 1.28 bits per heavy atom. The zero-order valence-electron chi connectivity index (χ0n) is 8.03. The monoisotopic (exact) mass is 325 g/mol. The smallest absolute Gasteiger partial charge is 0.303 e. The highest BCUT2D eigenvalue weighted by Gasteiger charge is 2.00. The van der Waals surface area contributed by atoms with E-state index in [1.165, 1.54) is 0 Å². The van der Waals surface area contributed by atoms with E-state index >= 15 is 0 Å². The molecule has 0 aliphatic heterocycles. The van der Waals surface area contributed by atoms with Gasteiger partial charge in [-0.25, -0.2) is 14.1 Å². The summed E-state index contributed by atoms with van der Waals surface area (Å²) < 4.78 is 17.8. The number of rotatable bonds is 0. The van der Waals surface area contributed by atoms with Crippen LogP contribution in [-0.2, 0) is 9.13 Å². The van der Waals surface area contributed by atoms with Crippen molar-refractivity contribution in [3.63, 3.8) is 0 Å². The van der Waals surface area contributed by atoms with Gasteiger partial charge in [-0.2, -0.15) is 0 Å². The molecule has 0 radical (unpaired) electrons. The van der Waals surface area contributed by atoms with E-state index in [-0.39, 0.29) is 7.43 Å². The quantitative estimate of drug-likeness (QED) is 0.294. The minimum Gasteiger partial charge on any atom is -0.303 e. The van der Waals surface area contributed by atoms with Gasteiger partial charge in [-0.05, 0) is 12.1 Å². The number of phosphoric acid groups is 2. The topological polar surface area (TPSA) is 168 Å². The van der Waals surface area contributed by atoms with Crippen molar-refractivity contribution in [2.75, 3.05) is 0 Å². The van der Waals surface area contributed by atoms with E-state index in [1.807, 2.05) is 12.1 Å². The summed E-state index contributed by atoms with van der Waals surface area (Å²) in [6.45, 7) is 0. The summed E-state index contributed by atoms with van der Waals surface area (Å²) in [4.78, 5) is 46.9. The van der Waals surface area contributed by atoms with E-state index in [0.29, 0.717) is 5.15 Å². The molecule has 0 atom stereocenters. The molecule has 1 rings (SSSR count). The minimum absolute atomic E-state index is 0. The molecular formula is C6H14ClNO8P2. The van der Waals surface area contributed by atoms with Gasteiger partial charge < -0.3 is 29.4 Å². The lowest BCUT2D eigenvalue weighted by atomic mass is 10.5. The van der Waals surface area contributed by atoms with Crippen LogP contribution in [0.4, 0.5) is 0 Å². The highest BCUT2D eigenvalue weighted by atomic mass is 35.5. The Balaban J connectivity index is -0.000000188. The maximum absolute atomic E-state index is 8.88. The Hall–Kier alpha value is -0.340. The molecule has 18 heavy (non-hydrogen) atoms. The average Bonchev–Trinajstić information content (AvgIpc) is 1.98. The maximum atomic E-state index is 8.88. The first-order valence-corrected chi connectivity index (χ1v) is 7.03. The van der Waals surface area contributed by atoms with Crippen LogP contribution in [0.5, 0.6) is 0 Å². The van der Waals surface area contributed by atoms with Crippen LogP contribution in [0, 0.1) is 0 Å². The number of nitrogens with zero attached hydrogens (tertiary/aromatic N) is 1. The average molecular weight is 326 g/mol. The fourth-order valence-corrected chi connectivity index (χ4v) is 0.471. The summed E-state index contributed by atoms with van der Waals surface area (Å²) >= 11 is 5.43. The number of hydrogen-bond acceptors (Lipinski definition) is 3. The van der Waals surface area contributed by atoms with Gasteiger partial charge in [0.25, 0.3) is 0 Å². The van der Waals surface area contributed by atoms with Crippen LogP contribution in [0.15, 0.2) is 24.4 Å². The molecule has 0 saturated carbocycles. The van der Waals surface area contributed by atoms with E-state index < -0.39 is 15.6 Å². The van der Waals surface area contributed by atoms with Crippen LogP contribution in [0.2, 0.25) is 5.15 Å². The lowest BCUT2D eigenvalue weighted by molar-refractivity contribution is 0.272. The van der Waals surface area contributed by atoms with E-state index in [1.54, 1.807) is 12.3 Å². The van der Waals surface area contributed by atoms with Crippen molar-refractivity contribution in [2.45, 2.75) is 7.43 Å². The molecule has 0 aliphatic carbocycles. The molecule has 0 amide bonds. The van der Waals surface area contributed by atoms with Gasteiger partial charge in [-0.1, -0.05) is 25.1 Å². The number of aromatic nitrogens is 1. The van der Waals surface area contributed by atoms with Gasteiger partial charge in [0.15, 0.2) is 0 Å². The molecule has 1 aromatic rings. The lowest BCUT2D eigenvalue weighted by Crippen LogP contribution is -1.66. The zero-order valence-corrected chi connectivity index (χ0v) is 10.6. The van der Waals surface area contributed by atoms with Gasteiger partial charge in [0.05, 0.1) is 0 Å². The first kappa shape index (κ1) is 22.8. The van der Waals surface area contributed by atoms with Crippen molar-refractivity contribution in [3.05, 3.63) is 29.5 Å². The lowest BCUT2D eigenvalue weighted by Gasteiger charge is -1.82. The largest absolute Gasteiger partial charge is 0.466 e. The van der Waals surface area contributed by atoms with Crippen molar-refractivity contribution in [3.8, 4) is 0 Å². The van der Waals surface area contributed by atoms with Crippen molar-refractivity contribution < 1.29 is 38.5 Å². The molecule has 0 bridgehead atoms. The highest BCUT2D eigenvalue weighted by Crippen LogP contribution is 2.26. The summed E-state index contributed by atoms with van der Waals surface area (Å²) in [5.41, 5.74) is 0. The molecule has 0 fully saturated rings. The summed E-state index contributed by atoms with van der Waals surface area (Å²) in [6, 6.07) is 5.41. The van der Waals surface area contributed by atoms with Crippen LogP contribution in [0.3, 0.4) is 0 Å². The number of halogens is 1. The Labute approximate surface area is 108 Å². The molecular weight excluding hydrogens is 311 g/mol. The standard InChI is InChI=1S/C5H4ClN.CH4.2H3O4P/c6-5-3-1-2-4-7-5;;2*1-5(2,3)4/h1-4H;1H4;2*(H3,1,2,3,4). The summed E-state index contributed by atoms with van der Waals surface area (Å²) in [6.07, 6.45) is 1.66. The van der Waals surface area contributed by atoms with Gasteiger partial charge in [0, 0.05) is 6.20 Å². The van der Waals surface area contributed by atoms with Gasteiger partial charge in [0.2, 0.25) is 0 Å². The molecule has 0 spiro atoms. The van der Waals surface area contributed by atoms with E-state index in [0.717, 1.165) is 0 Å². The fraction of sp³-hybridized carbons (Fsp3) is 0.167. The highest BCUT2D eigenvalue weighted by molar-refractivity contribution is 7.45. The van der Waals surface area contributed by atoms with Crippen LogP contribution in [-0.4, -0.2) is 34.3 Å². The predicted octanol–water partition coefficient (Wildman–Crippen LogP) is 0.514. The van der Waals surface area contributed by atoms with Gasteiger partial charge in [-0.15, -0.1) is 0 Å². The molecule has 1 aromatic heterocycles. The third-order valence-corrected chi connectivity index (χ3v) is 0.852. The first-order chi connectivity index (χ1) is 7.39. The van der Waals surface area contributed by atoms with Crippen molar-refractivity contribution >= 4 is 27.2 Å². The van der Waals surface area contributed by atoms with Crippen molar-refractivity contribution in [1.82, 2.24) is 4.98 Å². The molecule has 12 heteroatoms. The predicted molar refractivity (Wildman–Crippen MR) is 64.5 cm³/mol. The van der Waals surface area contributed by atoms with Gasteiger partial charge in [-0.3, -0.25) is 0 Å². The van der Waals surface area contributed by atoms with Crippen LogP contribution < -0.4 is 0 Å². The third-order valence-electron chi connectivity index (χ3n) is 0.629.